The summed E-state index contributed by atoms with van der Waals surface area (Å²) in [4.78, 5) is 2.21. The van der Waals surface area contributed by atoms with Crippen LogP contribution in [0, 0.1) is 0 Å². The lowest BCUT2D eigenvalue weighted by Crippen LogP contribution is -2.41. The summed E-state index contributed by atoms with van der Waals surface area (Å²) < 4.78 is 13.1. The molecule has 0 fully saturated rings. The van der Waals surface area contributed by atoms with Crippen LogP contribution in [0.15, 0.2) is 46.9 Å². The molecule has 0 amide bonds. The van der Waals surface area contributed by atoms with Crippen molar-refractivity contribution in [2.75, 3.05) is 25.1 Å². The van der Waals surface area contributed by atoms with E-state index in [0.717, 1.165) is 34.6 Å². The first-order chi connectivity index (χ1) is 10.7. The van der Waals surface area contributed by atoms with Crippen molar-refractivity contribution >= 4 is 21.6 Å². The van der Waals surface area contributed by atoms with Crippen LogP contribution in [0.3, 0.4) is 0 Å². The highest BCUT2D eigenvalue weighted by Crippen LogP contribution is 2.32. The zero-order chi connectivity index (χ0) is 15.5. The fraction of sp³-hybridized carbons (Fsp3) is 0.333. The van der Waals surface area contributed by atoms with Crippen LogP contribution in [-0.2, 0) is 6.42 Å². The molecule has 3 nitrogen and oxygen atoms in total. The predicted molar refractivity (Wildman–Crippen MR) is 93.1 cm³/mol. The van der Waals surface area contributed by atoms with Crippen LogP contribution in [0.4, 0.5) is 5.69 Å². The van der Waals surface area contributed by atoms with E-state index in [1.807, 2.05) is 30.3 Å². The van der Waals surface area contributed by atoms with Crippen LogP contribution >= 0.6 is 15.9 Å². The maximum atomic E-state index is 6.03. The normalized spacial score (nSPS) is 16.9. The summed E-state index contributed by atoms with van der Waals surface area (Å²) in [6.07, 6.45) is 1.02. The number of anilines is 1. The van der Waals surface area contributed by atoms with E-state index in [2.05, 4.69) is 46.9 Å². The second-order valence-corrected chi connectivity index (χ2v) is 6.36. The van der Waals surface area contributed by atoms with E-state index in [1.54, 1.807) is 0 Å². The third-order valence-corrected chi connectivity index (χ3v) is 4.66. The van der Waals surface area contributed by atoms with E-state index >= 15 is 0 Å². The number of fused-ring (bicyclic) bond motifs is 1. The fourth-order valence-corrected chi connectivity index (χ4v) is 3.21. The average molecular weight is 362 g/mol. The van der Waals surface area contributed by atoms with Gasteiger partial charge < -0.3 is 14.4 Å². The molecular weight excluding hydrogens is 342 g/mol. The van der Waals surface area contributed by atoms with Crippen molar-refractivity contribution in [3.8, 4) is 11.5 Å². The van der Waals surface area contributed by atoms with E-state index < -0.39 is 0 Å². The van der Waals surface area contributed by atoms with Crippen molar-refractivity contribution in [2.45, 2.75) is 19.4 Å². The Morgan fingerprint density at radius 2 is 2.09 bits per heavy atom. The van der Waals surface area contributed by atoms with Gasteiger partial charge in [-0.25, -0.2) is 0 Å². The molecule has 1 atom stereocenters. The maximum Gasteiger partial charge on any atom is 0.150 e. The van der Waals surface area contributed by atoms with Gasteiger partial charge in [-0.3, -0.25) is 0 Å². The summed E-state index contributed by atoms with van der Waals surface area (Å²) in [7, 11) is 2.09. The number of ether oxygens (including phenoxy) is 2. The molecule has 0 radical (unpaired) electrons. The Labute approximate surface area is 140 Å². The standard InChI is InChI=1S/C18H20BrNO2/c1-3-13-10-14(8-9-16(13)19)21-12-15-11-20(2)17-6-4-5-7-18(17)22-15/h4-10,15H,3,11-12H2,1-2H3/t15-/m0/s1. The Balaban J connectivity index is 1.66. The van der Waals surface area contributed by atoms with Crippen LogP contribution in [-0.4, -0.2) is 26.3 Å². The summed E-state index contributed by atoms with van der Waals surface area (Å²) in [5, 5.41) is 0. The third kappa shape index (κ3) is 3.22. The second kappa shape index (κ2) is 6.61. The minimum atomic E-state index is 0.0358. The Hall–Kier alpha value is -1.68. The number of likely N-dealkylation sites (N-methyl/N-ethyl adjacent to an activating group) is 1. The molecule has 0 unspecified atom stereocenters. The van der Waals surface area contributed by atoms with Gasteiger partial charge in [-0.1, -0.05) is 35.0 Å². The summed E-state index contributed by atoms with van der Waals surface area (Å²) in [5.74, 6) is 1.82. The van der Waals surface area contributed by atoms with Crippen LogP contribution in [0.25, 0.3) is 0 Å². The quantitative estimate of drug-likeness (QED) is 0.810. The van der Waals surface area contributed by atoms with E-state index in [9.17, 15) is 0 Å². The summed E-state index contributed by atoms with van der Waals surface area (Å²) >= 11 is 3.56. The first-order valence-electron chi connectivity index (χ1n) is 7.55. The van der Waals surface area contributed by atoms with Crippen molar-refractivity contribution in [1.29, 1.82) is 0 Å². The number of benzene rings is 2. The molecule has 1 aliphatic heterocycles. The molecule has 2 aromatic rings. The molecule has 0 saturated heterocycles. The molecule has 4 heteroatoms. The molecule has 0 spiro atoms. The minimum Gasteiger partial charge on any atom is -0.490 e. The van der Waals surface area contributed by atoms with Crippen molar-refractivity contribution in [3.63, 3.8) is 0 Å². The lowest BCUT2D eigenvalue weighted by Gasteiger charge is -2.33. The number of halogens is 1. The van der Waals surface area contributed by atoms with E-state index in [1.165, 1.54) is 5.56 Å². The Bertz CT molecular complexity index is 659. The maximum absolute atomic E-state index is 6.03. The molecule has 0 N–H and O–H groups in total. The van der Waals surface area contributed by atoms with Crippen LogP contribution in [0.2, 0.25) is 0 Å². The number of para-hydroxylation sites is 2. The number of hydrogen-bond acceptors (Lipinski definition) is 3. The Kier molecular flexibility index (Phi) is 4.57. The van der Waals surface area contributed by atoms with Crippen LogP contribution in [0.1, 0.15) is 12.5 Å². The highest BCUT2D eigenvalue weighted by Gasteiger charge is 2.23. The van der Waals surface area contributed by atoms with Crippen molar-refractivity contribution < 1.29 is 9.47 Å². The van der Waals surface area contributed by atoms with Crippen molar-refractivity contribution in [1.82, 2.24) is 0 Å². The molecule has 0 aliphatic carbocycles. The van der Waals surface area contributed by atoms with Gasteiger partial charge in [0.25, 0.3) is 0 Å². The molecule has 0 saturated carbocycles. The summed E-state index contributed by atoms with van der Waals surface area (Å²) in [5.41, 5.74) is 2.39. The first kappa shape index (κ1) is 15.2. The molecular formula is C18H20BrNO2. The lowest BCUT2D eigenvalue weighted by atomic mass is 10.1. The van der Waals surface area contributed by atoms with Gasteiger partial charge in [0.2, 0.25) is 0 Å². The molecule has 0 bridgehead atoms. The van der Waals surface area contributed by atoms with Gasteiger partial charge in [-0.15, -0.1) is 0 Å². The number of aryl methyl sites for hydroxylation is 1. The molecule has 2 aromatic carbocycles. The predicted octanol–water partition coefficient (Wildman–Crippen LogP) is 4.29. The molecule has 1 heterocycles. The topological polar surface area (TPSA) is 21.7 Å². The van der Waals surface area contributed by atoms with Gasteiger partial charge in [-0.2, -0.15) is 0 Å². The van der Waals surface area contributed by atoms with E-state index in [4.69, 9.17) is 9.47 Å². The molecule has 3 rings (SSSR count). The summed E-state index contributed by atoms with van der Waals surface area (Å²) in [6, 6.07) is 14.2. The Morgan fingerprint density at radius 3 is 2.91 bits per heavy atom. The largest absolute Gasteiger partial charge is 0.490 e. The second-order valence-electron chi connectivity index (χ2n) is 5.51. The third-order valence-electron chi connectivity index (χ3n) is 3.88. The number of nitrogens with zero attached hydrogens (tertiary/aromatic N) is 1. The average Bonchev–Trinajstić information content (AvgIpc) is 2.54. The van der Waals surface area contributed by atoms with E-state index in [-0.39, 0.29) is 6.10 Å². The van der Waals surface area contributed by atoms with Crippen LogP contribution in [0.5, 0.6) is 11.5 Å². The fourth-order valence-electron chi connectivity index (χ4n) is 2.68. The molecule has 1 aliphatic rings. The Morgan fingerprint density at radius 1 is 1.27 bits per heavy atom. The van der Waals surface area contributed by atoms with Gasteiger partial charge in [0.05, 0.1) is 12.2 Å². The van der Waals surface area contributed by atoms with Gasteiger partial charge in [0, 0.05) is 11.5 Å². The monoisotopic (exact) mass is 361 g/mol. The van der Waals surface area contributed by atoms with Gasteiger partial charge >= 0.3 is 0 Å². The van der Waals surface area contributed by atoms with Gasteiger partial charge in [-0.05, 0) is 42.3 Å². The van der Waals surface area contributed by atoms with Crippen LogP contribution < -0.4 is 14.4 Å². The highest BCUT2D eigenvalue weighted by molar-refractivity contribution is 9.10. The smallest absolute Gasteiger partial charge is 0.150 e. The van der Waals surface area contributed by atoms with Gasteiger partial charge in [0.15, 0.2) is 0 Å². The zero-order valence-electron chi connectivity index (χ0n) is 12.9. The lowest BCUT2D eigenvalue weighted by molar-refractivity contribution is 0.126. The summed E-state index contributed by atoms with van der Waals surface area (Å²) in [6.45, 7) is 3.51. The number of rotatable bonds is 4. The molecule has 116 valence electrons. The minimum absolute atomic E-state index is 0.0358. The first-order valence-corrected chi connectivity index (χ1v) is 8.34. The van der Waals surface area contributed by atoms with E-state index in [0.29, 0.717) is 6.61 Å². The number of hydrogen-bond donors (Lipinski definition) is 0. The highest BCUT2D eigenvalue weighted by atomic mass is 79.9. The van der Waals surface area contributed by atoms with Crippen molar-refractivity contribution in [3.05, 3.63) is 52.5 Å². The van der Waals surface area contributed by atoms with Gasteiger partial charge in [0.1, 0.15) is 24.2 Å². The molecule has 0 aromatic heterocycles. The zero-order valence-corrected chi connectivity index (χ0v) is 14.5. The van der Waals surface area contributed by atoms with Crippen molar-refractivity contribution in [2.24, 2.45) is 0 Å². The molecule has 22 heavy (non-hydrogen) atoms. The SMILES string of the molecule is CCc1cc(OC[C@@H]2CN(C)c3ccccc3O2)ccc1Br.